The highest BCUT2D eigenvalue weighted by Gasteiger charge is 2.33. The first kappa shape index (κ1) is 24.5. The highest BCUT2D eigenvalue weighted by molar-refractivity contribution is 6.07. The largest absolute Gasteiger partial charge is 0.337 e. The quantitative estimate of drug-likeness (QED) is 0.431. The van der Waals surface area contributed by atoms with E-state index < -0.39 is 5.82 Å². The van der Waals surface area contributed by atoms with Gasteiger partial charge in [-0.15, -0.1) is 0 Å². The van der Waals surface area contributed by atoms with Crippen LogP contribution in [0.4, 0.5) is 8.78 Å². The average molecular weight is 517 g/mol. The van der Waals surface area contributed by atoms with E-state index in [-0.39, 0.29) is 29.2 Å². The van der Waals surface area contributed by atoms with E-state index in [9.17, 15) is 9.18 Å². The summed E-state index contributed by atoms with van der Waals surface area (Å²) in [7, 11) is 1.75. The summed E-state index contributed by atoms with van der Waals surface area (Å²) in [6.45, 7) is 7.02. The maximum absolute atomic E-state index is 15.6. The Morgan fingerprint density at radius 3 is 2.55 bits per heavy atom. The number of nitrogens with zero attached hydrogens (tertiary/aromatic N) is 5. The summed E-state index contributed by atoms with van der Waals surface area (Å²) in [6, 6.07) is 7.09. The van der Waals surface area contributed by atoms with Crippen LogP contribution < -0.4 is 11.0 Å². The number of rotatable bonds is 3. The first-order chi connectivity index (χ1) is 18.3. The molecule has 1 fully saturated rings. The Hall–Kier alpha value is -3.85. The third kappa shape index (κ3) is 3.75. The smallest absolute Gasteiger partial charge is 0.310 e. The number of aromatic nitrogens is 4. The van der Waals surface area contributed by atoms with E-state index in [1.165, 1.54) is 10.8 Å². The van der Waals surface area contributed by atoms with Crippen molar-refractivity contribution in [1.29, 1.82) is 0 Å². The van der Waals surface area contributed by atoms with Gasteiger partial charge in [0, 0.05) is 67.9 Å². The first-order valence-electron chi connectivity index (χ1n) is 12.9. The number of piperidine rings is 1. The van der Waals surface area contributed by atoms with Gasteiger partial charge in [-0.1, -0.05) is 12.1 Å². The van der Waals surface area contributed by atoms with Crippen molar-refractivity contribution in [2.75, 3.05) is 13.1 Å². The van der Waals surface area contributed by atoms with Crippen molar-refractivity contribution in [3.8, 4) is 5.69 Å². The van der Waals surface area contributed by atoms with Gasteiger partial charge >= 0.3 is 5.69 Å². The van der Waals surface area contributed by atoms with Gasteiger partial charge in [-0.2, -0.15) is 5.10 Å². The number of aryl methyl sites for hydroxylation is 3. The molecule has 0 amide bonds. The van der Waals surface area contributed by atoms with Gasteiger partial charge in [0.2, 0.25) is 0 Å². The fourth-order valence-corrected chi connectivity index (χ4v) is 6.00. The van der Waals surface area contributed by atoms with E-state index >= 15 is 4.39 Å². The van der Waals surface area contributed by atoms with Gasteiger partial charge in [-0.3, -0.25) is 18.8 Å². The highest BCUT2D eigenvalue weighted by atomic mass is 19.1. The lowest BCUT2D eigenvalue weighted by molar-refractivity contribution is 0.600. The molecule has 4 heterocycles. The van der Waals surface area contributed by atoms with Crippen molar-refractivity contribution in [2.45, 2.75) is 45.6 Å². The summed E-state index contributed by atoms with van der Waals surface area (Å²) in [5, 5.41) is 8.02. The van der Waals surface area contributed by atoms with Gasteiger partial charge in [-0.05, 0) is 56.0 Å². The zero-order valence-electron chi connectivity index (χ0n) is 21.9. The van der Waals surface area contributed by atoms with Crippen molar-refractivity contribution in [1.82, 2.24) is 24.2 Å². The molecule has 0 saturated carbocycles. The molecule has 6 rings (SSSR count). The Morgan fingerprint density at radius 2 is 1.79 bits per heavy atom. The third-order valence-corrected chi connectivity index (χ3v) is 7.88. The summed E-state index contributed by atoms with van der Waals surface area (Å²) in [4.78, 5) is 18.9. The van der Waals surface area contributed by atoms with Crippen molar-refractivity contribution in [3.63, 3.8) is 0 Å². The first-order valence-corrected chi connectivity index (χ1v) is 12.9. The lowest BCUT2D eigenvalue weighted by Gasteiger charge is -2.30. The molecule has 2 atom stereocenters. The molecule has 1 N–H and O–H groups in total. The minimum Gasteiger partial charge on any atom is -0.310 e. The number of nitrogens with one attached hydrogen (secondary N) is 1. The predicted octanol–water partition coefficient (Wildman–Crippen LogP) is 4.64. The number of allylic oxidation sites excluding steroid dienone is 1. The van der Waals surface area contributed by atoms with Crippen molar-refractivity contribution >= 4 is 22.3 Å². The maximum atomic E-state index is 15.6. The van der Waals surface area contributed by atoms with Gasteiger partial charge in [0.05, 0.1) is 22.8 Å². The Morgan fingerprint density at radius 1 is 1.05 bits per heavy atom. The van der Waals surface area contributed by atoms with E-state index in [2.05, 4.69) is 17.3 Å². The molecule has 0 bridgehead atoms. The van der Waals surface area contributed by atoms with Gasteiger partial charge in [0.25, 0.3) is 0 Å². The second-order valence-electron chi connectivity index (χ2n) is 10.3. The summed E-state index contributed by atoms with van der Waals surface area (Å²) in [5.41, 5.74) is 5.34. The maximum Gasteiger partial charge on any atom is 0.337 e. The molecule has 2 aliphatic heterocycles. The fraction of sp³-hybridized carbons (Fsp3) is 0.345. The number of hydrogen-bond acceptors (Lipinski definition) is 4. The minimum atomic E-state index is -0.495. The molecule has 4 aromatic rings. The zero-order valence-corrected chi connectivity index (χ0v) is 21.9. The third-order valence-electron chi connectivity index (χ3n) is 7.88. The summed E-state index contributed by atoms with van der Waals surface area (Å²) in [5.74, 6) is -0.901. The van der Waals surface area contributed by atoms with Crippen LogP contribution in [-0.2, 0) is 7.05 Å². The van der Waals surface area contributed by atoms with E-state index in [0.29, 0.717) is 35.0 Å². The second kappa shape index (κ2) is 9.16. The minimum absolute atomic E-state index is 0.0283. The van der Waals surface area contributed by atoms with Crippen LogP contribution >= 0.6 is 0 Å². The van der Waals surface area contributed by atoms with E-state index in [1.54, 1.807) is 54.7 Å². The number of fused-ring (bicyclic) bond motifs is 2. The Labute approximate surface area is 219 Å². The fourth-order valence-electron chi connectivity index (χ4n) is 6.00. The molecule has 0 aliphatic carbocycles. The van der Waals surface area contributed by atoms with E-state index in [1.807, 2.05) is 12.1 Å². The number of aliphatic imine (C=N–C) groups is 1. The monoisotopic (exact) mass is 516 g/mol. The number of benzene rings is 2. The van der Waals surface area contributed by atoms with Crippen LogP contribution in [0.1, 0.15) is 42.4 Å². The highest BCUT2D eigenvalue weighted by Crippen LogP contribution is 2.39. The van der Waals surface area contributed by atoms with Crippen molar-refractivity contribution in [2.24, 2.45) is 12.0 Å². The molecule has 9 heteroatoms. The summed E-state index contributed by atoms with van der Waals surface area (Å²) >= 11 is 0. The predicted molar refractivity (Wildman–Crippen MR) is 145 cm³/mol. The molecule has 2 aromatic heterocycles. The second-order valence-corrected chi connectivity index (χ2v) is 10.3. The topological polar surface area (TPSA) is 69.1 Å². The standard InChI is InChI=1S/C29H30F2N6O/c1-16-13-19(14-17(2)26(16)30)20-7-9-33-22-8-10-32-18(3)25(22)28(20)37-12-11-36(29(37)38)24-6-5-23-21(27(24)31)15-34-35(23)4/h5-6,11-15,18,20,32H,7-10H2,1-4H3/t18-,20?/m0/s1. The molecule has 196 valence electrons. The van der Waals surface area contributed by atoms with E-state index in [4.69, 9.17) is 4.99 Å². The molecule has 1 saturated heterocycles. The lowest BCUT2D eigenvalue weighted by atomic mass is 9.84. The van der Waals surface area contributed by atoms with Crippen LogP contribution in [-0.4, -0.2) is 43.8 Å². The van der Waals surface area contributed by atoms with Crippen LogP contribution in [0.2, 0.25) is 0 Å². The van der Waals surface area contributed by atoms with Crippen LogP contribution in [0.3, 0.4) is 0 Å². The van der Waals surface area contributed by atoms with Gasteiger partial charge in [-0.25, -0.2) is 13.6 Å². The number of halogens is 2. The van der Waals surface area contributed by atoms with Crippen LogP contribution in [0, 0.1) is 25.5 Å². The molecule has 0 radical (unpaired) electrons. The van der Waals surface area contributed by atoms with Crippen LogP contribution in [0.15, 0.2) is 58.2 Å². The molecule has 2 aromatic carbocycles. The SMILES string of the molecule is Cc1cc(C2CCN=C3CCN[C@@H](C)C3=C2n2ccn(-c3ccc4c(cnn4C)c3F)c2=O)cc(C)c1F. The molecule has 0 spiro atoms. The molecule has 7 nitrogen and oxygen atoms in total. The Bertz CT molecular complexity index is 1680. The normalized spacial score (nSPS) is 20.0. The molecule has 1 unspecified atom stereocenters. The summed E-state index contributed by atoms with van der Waals surface area (Å²) in [6.07, 6.45) is 6.22. The number of hydrogen-bond donors (Lipinski definition) is 1. The zero-order chi connectivity index (χ0) is 26.7. The van der Waals surface area contributed by atoms with Gasteiger partial charge in [0.1, 0.15) is 5.82 Å². The lowest BCUT2D eigenvalue weighted by Crippen LogP contribution is -2.40. The number of imidazole rings is 1. The molecular weight excluding hydrogens is 486 g/mol. The Kier molecular flexibility index (Phi) is 5.90. The van der Waals surface area contributed by atoms with Crippen molar-refractivity contribution in [3.05, 3.63) is 87.2 Å². The van der Waals surface area contributed by atoms with Gasteiger partial charge < -0.3 is 5.32 Å². The summed E-state index contributed by atoms with van der Waals surface area (Å²) < 4.78 is 34.7. The molecule has 38 heavy (non-hydrogen) atoms. The molecule has 2 aliphatic rings. The Balaban J connectivity index is 1.57. The van der Waals surface area contributed by atoms with Gasteiger partial charge in [0.15, 0.2) is 5.82 Å². The van der Waals surface area contributed by atoms with Crippen LogP contribution in [0.5, 0.6) is 0 Å². The van der Waals surface area contributed by atoms with Crippen molar-refractivity contribution < 1.29 is 8.78 Å². The average Bonchev–Trinajstić information content (AvgIpc) is 3.39. The van der Waals surface area contributed by atoms with Crippen LogP contribution in [0.25, 0.3) is 22.3 Å². The molecular formula is C29H30F2N6O. The van der Waals surface area contributed by atoms with E-state index in [0.717, 1.165) is 35.5 Å².